The zero-order valence-corrected chi connectivity index (χ0v) is 8.17. The lowest BCUT2D eigenvalue weighted by Gasteiger charge is -2.12. The molecule has 12 heavy (non-hydrogen) atoms. The first kappa shape index (κ1) is 11.8. The molecule has 0 bridgehead atoms. The maximum Gasteiger partial charge on any atom is 0.360 e. The molecule has 74 valence electrons. The molecule has 0 aliphatic heterocycles. The highest BCUT2D eigenvalue weighted by molar-refractivity contribution is 7.84. The molecule has 0 aliphatic carbocycles. The van der Waals surface area contributed by atoms with Gasteiger partial charge >= 0.3 is 10.3 Å². The van der Waals surface area contributed by atoms with Crippen molar-refractivity contribution >= 4 is 10.3 Å². The van der Waals surface area contributed by atoms with Crippen LogP contribution in [-0.2, 0) is 14.5 Å². The minimum Gasteiger partial charge on any atom is -0.298 e. The predicted octanol–water partition coefficient (Wildman–Crippen LogP) is 0.759. The van der Waals surface area contributed by atoms with E-state index in [0.717, 1.165) is 0 Å². The second kappa shape index (κ2) is 5.47. The maximum absolute atomic E-state index is 10.9. The van der Waals surface area contributed by atoms with E-state index in [1.165, 1.54) is 0 Å². The zero-order chi connectivity index (χ0) is 9.61. The zero-order valence-electron chi connectivity index (χ0n) is 7.36. The van der Waals surface area contributed by atoms with E-state index >= 15 is 0 Å². The Morgan fingerprint density at radius 1 is 1.33 bits per heavy atom. The number of hydrogen-bond donors (Lipinski definition) is 1. The first-order valence-electron chi connectivity index (χ1n) is 3.90. The number of nitrogens with zero attached hydrogens (tertiary/aromatic N) is 1. The second-order valence-corrected chi connectivity index (χ2v) is 3.84. The first-order valence-corrected chi connectivity index (χ1v) is 5.27. The molecule has 0 saturated heterocycles. The fourth-order valence-corrected chi connectivity index (χ4v) is 1.46. The summed E-state index contributed by atoms with van der Waals surface area (Å²) in [4.78, 5) is 0. The molecule has 0 rings (SSSR count). The topological polar surface area (TPSA) is 66.8 Å². The standard InChI is InChI=1S/C6H15NO4S/c1-3-5-7(8)12(9,10)11-6-4-2/h8H,3-6H2,1-2H3. The Balaban J connectivity index is 4.01. The van der Waals surface area contributed by atoms with E-state index in [2.05, 4.69) is 4.18 Å². The second-order valence-electron chi connectivity index (χ2n) is 2.33. The minimum atomic E-state index is -3.90. The molecule has 0 radical (unpaired) electrons. The Labute approximate surface area is 73.2 Å². The lowest BCUT2D eigenvalue weighted by Crippen LogP contribution is -2.30. The smallest absolute Gasteiger partial charge is 0.298 e. The van der Waals surface area contributed by atoms with Crippen molar-refractivity contribution in [2.24, 2.45) is 0 Å². The van der Waals surface area contributed by atoms with Crippen LogP contribution in [0.1, 0.15) is 26.7 Å². The van der Waals surface area contributed by atoms with Gasteiger partial charge in [-0.3, -0.25) is 9.39 Å². The van der Waals surface area contributed by atoms with Crippen LogP contribution < -0.4 is 0 Å². The van der Waals surface area contributed by atoms with E-state index in [1.54, 1.807) is 13.8 Å². The van der Waals surface area contributed by atoms with E-state index < -0.39 is 10.3 Å². The van der Waals surface area contributed by atoms with Gasteiger partial charge in [-0.15, -0.1) is 0 Å². The van der Waals surface area contributed by atoms with Crippen LogP contribution in [0, 0.1) is 0 Å². The highest BCUT2D eigenvalue weighted by atomic mass is 32.2. The van der Waals surface area contributed by atoms with Gasteiger partial charge in [-0.2, -0.15) is 8.42 Å². The van der Waals surface area contributed by atoms with Crippen molar-refractivity contribution in [3.05, 3.63) is 0 Å². The van der Waals surface area contributed by atoms with Crippen molar-refractivity contribution in [2.45, 2.75) is 26.7 Å². The van der Waals surface area contributed by atoms with Gasteiger partial charge in [0, 0.05) is 6.54 Å². The molecule has 6 heteroatoms. The fourth-order valence-electron chi connectivity index (χ4n) is 0.553. The highest BCUT2D eigenvalue weighted by Crippen LogP contribution is 2.00. The van der Waals surface area contributed by atoms with Crippen LogP contribution in [0.2, 0.25) is 0 Å². The maximum atomic E-state index is 10.9. The largest absolute Gasteiger partial charge is 0.360 e. The molecule has 0 spiro atoms. The first-order chi connectivity index (χ1) is 5.54. The van der Waals surface area contributed by atoms with Gasteiger partial charge in [-0.1, -0.05) is 18.3 Å². The quantitative estimate of drug-likeness (QED) is 0.638. The Bertz CT molecular complexity index is 202. The van der Waals surface area contributed by atoms with Crippen LogP contribution in [0.5, 0.6) is 0 Å². The molecular formula is C6H15NO4S. The van der Waals surface area contributed by atoms with Gasteiger partial charge in [0.25, 0.3) is 0 Å². The summed E-state index contributed by atoms with van der Waals surface area (Å²) >= 11 is 0. The Morgan fingerprint density at radius 2 is 1.92 bits per heavy atom. The molecule has 0 amide bonds. The van der Waals surface area contributed by atoms with E-state index in [1.807, 2.05) is 0 Å². The predicted molar refractivity (Wildman–Crippen MR) is 43.9 cm³/mol. The summed E-state index contributed by atoms with van der Waals surface area (Å²) in [7, 11) is -3.90. The summed E-state index contributed by atoms with van der Waals surface area (Å²) in [5.41, 5.74) is 0. The van der Waals surface area contributed by atoms with Crippen LogP contribution in [0.4, 0.5) is 0 Å². The normalized spacial score (nSPS) is 12.3. The molecule has 0 aromatic heterocycles. The molecule has 0 aromatic carbocycles. The Kier molecular flexibility index (Phi) is 5.39. The van der Waals surface area contributed by atoms with E-state index in [9.17, 15) is 8.42 Å². The summed E-state index contributed by atoms with van der Waals surface area (Å²) in [6.45, 7) is 3.71. The molecule has 0 atom stereocenters. The molecule has 0 heterocycles. The van der Waals surface area contributed by atoms with Crippen LogP contribution in [0.25, 0.3) is 0 Å². The number of hydroxylamine groups is 1. The summed E-state index contributed by atoms with van der Waals surface area (Å²) in [6.07, 6.45) is 1.14. The molecule has 0 aromatic rings. The summed E-state index contributed by atoms with van der Waals surface area (Å²) in [6, 6.07) is 0. The average Bonchev–Trinajstić information content (AvgIpc) is 2.01. The van der Waals surface area contributed by atoms with E-state index in [0.29, 0.717) is 12.8 Å². The highest BCUT2D eigenvalue weighted by Gasteiger charge is 2.18. The third-order valence-electron chi connectivity index (χ3n) is 1.11. The van der Waals surface area contributed by atoms with Crippen molar-refractivity contribution in [3.63, 3.8) is 0 Å². The Morgan fingerprint density at radius 3 is 2.33 bits per heavy atom. The van der Waals surface area contributed by atoms with Crippen molar-refractivity contribution in [1.82, 2.24) is 4.47 Å². The molecule has 0 unspecified atom stereocenters. The SMILES string of the molecule is CCCOS(=O)(=O)N(O)CCC. The average molecular weight is 197 g/mol. The van der Waals surface area contributed by atoms with Crippen LogP contribution in [0.15, 0.2) is 0 Å². The van der Waals surface area contributed by atoms with Gasteiger partial charge in [0.05, 0.1) is 6.61 Å². The molecule has 0 fully saturated rings. The van der Waals surface area contributed by atoms with Crippen molar-refractivity contribution in [1.29, 1.82) is 0 Å². The summed E-state index contributed by atoms with van der Waals surface area (Å²) in [5.74, 6) is 0. The molecule has 1 N–H and O–H groups in total. The van der Waals surface area contributed by atoms with Gasteiger partial charge in [0.2, 0.25) is 0 Å². The lowest BCUT2D eigenvalue weighted by molar-refractivity contribution is -0.0112. The monoisotopic (exact) mass is 197 g/mol. The van der Waals surface area contributed by atoms with Gasteiger partial charge in [0.1, 0.15) is 0 Å². The van der Waals surface area contributed by atoms with Gasteiger partial charge in [-0.25, -0.2) is 0 Å². The summed E-state index contributed by atoms with van der Waals surface area (Å²) < 4.78 is 26.5. The molecular weight excluding hydrogens is 182 g/mol. The van der Waals surface area contributed by atoms with Crippen LogP contribution in [0.3, 0.4) is 0 Å². The molecule has 0 aliphatic rings. The van der Waals surface area contributed by atoms with E-state index in [-0.39, 0.29) is 17.6 Å². The number of hydrogen-bond acceptors (Lipinski definition) is 4. The van der Waals surface area contributed by atoms with E-state index in [4.69, 9.17) is 5.21 Å². The van der Waals surface area contributed by atoms with Gasteiger partial charge in [0.15, 0.2) is 0 Å². The van der Waals surface area contributed by atoms with Crippen molar-refractivity contribution in [3.8, 4) is 0 Å². The van der Waals surface area contributed by atoms with Gasteiger partial charge < -0.3 is 0 Å². The number of rotatable bonds is 6. The van der Waals surface area contributed by atoms with Crippen molar-refractivity contribution in [2.75, 3.05) is 13.2 Å². The third kappa shape index (κ3) is 4.01. The van der Waals surface area contributed by atoms with Crippen LogP contribution in [-0.4, -0.2) is 31.2 Å². The molecule has 0 saturated carbocycles. The van der Waals surface area contributed by atoms with Crippen LogP contribution >= 0.6 is 0 Å². The lowest BCUT2D eigenvalue weighted by atomic mass is 10.5. The van der Waals surface area contributed by atoms with Gasteiger partial charge in [-0.05, 0) is 12.8 Å². The third-order valence-corrected chi connectivity index (χ3v) is 2.27. The van der Waals surface area contributed by atoms with Crippen molar-refractivity contribution < 1.29 is 17.8 Å². The summed E-state index contributed by atoms with van der Waals surface area (Å²) in [5, 5.41) is 8.92. The Hall–Kier alpha value is -0.170. The molecule has 5 nitrogen and oxygen atoms in total. The minimum absolute atomic E-state index is 0.0616. The fraction of sp³-hybridized carbons (Fsp3) is 1.00.